The van der Waals surface area contributed by atoms with Gasteiger partial charge in [-0.15, -0.1) is 10.2 Å². The van der Waals surface area contributed by atoms with Crippen LogP contribution in [0.1, 0.15) is 46.8 Å². The third kappa shape index (κ3) is 3.92. The number of hydrogen-bond acceptors (Lipinski definition) is 6. The van der Waals surface area contributed by atoms with Gasteiger partial charge in [0.15, 0.2) is 5.82 Å². The van der Waals surface area contributed by atoms with Gasteiger partial charge in [0.25, 0.3) is 5.91 Å². The minimum atomic E-state index is -0.349. The second-order valence-corrected chi connectivity index (χ2v) is 8.75. The maximum atomic E-state index is 12.9. The van der Waals surface area contributed by atoms with Crippen molar-refractivity contribution >= 4 is 17.8 Å². The van der Waals surface area contributed by atoms with Crippen molar-refractivity contribution in [3.63, 3.8) is 0 Å². The number of carbonyl (C=O) groups is 2. The van der Waals surface area contributed by atoms with E-state index in [1.165, 1.54) is 0 Å². The fourth-order valence-corrected chi connectivity index (χ4v) is 4.42. The Bertz CT molecular complexity index is 1230. The minimum absolute atomic E-state index is 0.0428. The van der Waals surface area contributed by atoms with Gasteiger partial charge in [0.1, 0.15) is 23.0 Å². The number of amides is 3. The van der Waals surface area contributed by atoms with Gasteiger partial charge in [-0.25, -0.2) is 9.78 Å². The van der Waals surface area contributed by atoms with E-state index in [1.807, 2.05) is 12.1 Å². The van der Waals surface area contributed by atoms with Crippen LogP contribution in [0.25, 0.3) is 11.5 Å². The highest BCUT2D eigenvalue weighted by Gasteiger charge is 2.26. The first-order chi connectivity index (χ1) is 15.9. The molecule has 3 aromatic heterocycles. The molecule has 1 atom stereocenters. The smallest absolute Gasteiger partial charge is 0.319 e. The van der Waals surface area contributed by atoms with Crippen molar-refractivity contribution in [1.82, 2.24) is 34.5 Å². The summed E-state index contributed by atoms with van der Waals surface area (Å²) in [5.41, 5.74) is 2.95. The van der Waals surface area contributed by atoms with Crippen molar-refractivity contribution in [2.75, 3.05) is 26.0 Å². The van der Waals surface area contributed by atoms with Crippen LogP contribution in [0.3, 0.4) is 0 Å². The molecule has 2 aliphatic rings. The van der Waals surface area contributed by atoms with Gasteiger partial charge in [0.2, 0.25) is 0 Å². The molecule has 170 valence electrons. The van der Waals surface area contributed by atoms with Crippen LogP contribution in [0, 0.1) is 0 Å². The number of aromatic nitrogens is 5. The number of urea groups is 1. The average molecular weight is 447 g/mol. The van der Waals surface area contributed by atoms with Gasteiger partial charge in [0.05, 0.1) is 0 Å². The average Bonchev–Trinajstić information content (AvgIpc) is 3.41. The Hall–Kier alpha value is -3.82. The van der Waals surface area contributed by atoms with E-state index in [0.29, 0.717) is 42.9 Å². The van der Waals surface area contributed by atoms with Crippen LogP contribution in [-0.4, -0.2) is 67.1 Å². The highest BCUT2D eigenvalue weighted by Crippen LogP contribution is 2.30. The van der Waals surface area contributed by atoms with E-state index in [0.717, 1.165) is 29.8 Å². The number of pyridine rings is 2. The number of nitrogens with one attached hydrogen (secondary N) is 1. The van der Waals surface area contributed by atoms with Crippen molar-refractivity contribution in [2.45, 2.75) is 38.8 Å². The van der Waals surface area contributed by atoms with Crippen LogP contribution in [0.15, 0.2) is 30.5 Å². The lowest BCUT2D eigenvalue weighted by Gasteiger charge is -2.31. The van der Waals surface area contributed by atoms with Gasteiger partial charge in [-0.3, -0.25) is 9.78 Å². The molecule has 0 radical (unpaired) electrons. The maximum absolute atomic E-state index is 12.9. The summed E-state index contributed by atoms with van der Waals surface area (Å²) in [5, 5.41) is 11.4. The molecule has 10 nitrogen and oxygen atoms in total. The molecule has 0 saturated carbocycles. The third-order valence-electron chi connectivity index (χ3n) is 6.19. The summed E-state index contributed by atoms with van der Waals surface area (Å²) in [6, 6.07) is 7.48. The molecule has 0 aliphatic carbocycles. The molecule has 5 rings (SSSR count). The third-order valence-corrected chi connectivity index (χ3v) is 6.19. The zero-order valence-electron chi connectivity index (χ0n) is 18.9. The first kappa shape index (κ1) is 21.0. The summed E-state index contributed by atoms with van der Waals surface area (Å²) in [6.45, 7) is 3.24. The van der Waals surface area contributed by atoms with Crippen LogP contribution >= 0.6 is 0 Å². The normalized spacial score (nSPS) is 16.8. The first-order valence-electron chi connectivity index (χ1n) is 11.1. The topological polar surface area (TPSA) is 109 Å². The summed E-state index contributed by atoms with van der Waals surface area (Å²) < 4.78 is 2.11. The van der Waals surface area contributed by atoms with Crippen LogP contribution in [0.5, 0.6) is 0 Å². The molecule has 0 unspecified atom stereocenters. The lowest BCUT2D eigenvalue weighted by molar-refractivity contribution is 0.102. The van der Waals surface area contributed by atoms with E-state index in [4.69, 9.17) is 0 Å². The predicted octanol–water partition coefficient (Wildman–Crippen LogP) is 2.53. The Labute approximate surface area is 191 Å². The number of carbonyl (C=O) groups excluding carboxylic acids is 2. The number of hydrogen-bond donors (Lipinski definition) is 1. The lowest BCUT2D eigenvalue weighted by Crippen LogP contribution is -2.42. The van der Waals surface area contributed by atoms with E-state index in [9.17, 15) is 9.59 Å². The van der Waals surface area contributed by atoms with E-state index in [1.54, 1.807) is 42.2 Å². The number of nitrogens with zero attached hydrogens (tertiary/aromatic N) is 7. The number of rotatable bonds is 3. The molecule has 10 heteroatoms. The Kier molecular flexibility index (Phi) is 5.27. The molecule has 3 amide bonds. The molecular formula is C23H26N8O2. The molecule has 0 aromatic carbocycles. The fraction of sp³-hybridized carbons (Fsp3) is 0.391. The molecular weight excluding hydrogens is 420 g/mol. The van der Waals surface area contributed by atoms with Crippen molar-refractivity contribution in [3.8, 4) is 11.5 Å². The second kappa shape index (κ2) is 8.27. The van der Waals surface area contributed by atoms with E-state index >= 15 is 0 Å². The molecule has 3 aromatic rings. The Morgan fingerprint density at radius 3 is 2.82 bits per heavy atom. The van der Waals surface area contributed by atoms with Gasteiger partial charge in [-0.2, -0.15) is 0 Å². The van der Waals surface area contributed by atoms with Gasteiger partial charge in [0, 0.05) is 45.8 Å². The Morgan fingerprint density at radius 1 is 1.15 bits per heavy atom. The standard InChI is InChI=1S/C23H26N8O2/c1-14-7-8-20-27-28-21(31(14)20)17-5-4-6-19(25-17)26-22(32)18-11-16-13-30(23(33)29(2)3)10-9-15(16)12-24-18/h4-6,11-12,14H,7-10,13H2,1-3H3,(H,25,26,32)/t14-/m1/s1. The zero-order chi connectivity index (χ0) is 23.1. The van der Waals surface area contributed by atoms with Gasteiger partial charge < -0.3 is 19.7 Å². The Morgan fingerprint density at radius 2 is 2.00 bits per heavy atom. The van der Waals surface area contributed by atoms with Crippen molar-refractivity contribution in [2.24, 2.45) is 0 Å². The SMILES string of the molecule is C[C@@H]1CCc2nnc(-c3cccc(NC(=O)c4cc5c(cn4)CCN(C(=O)N(C)C)C5)n3)n21. The largest absolute Gasteiger partial charge is 0.331 e. The van der Waals surface area contributed by atoms with Crippen LogP contribution in [0.2, 0.25) is 0 Å². The van der Waals surface area contributed by atoms with E-state index in [-0.39, 0.29) is 17.6 Å². The molecule has 0 saturated heterocycles. The van der Waals surface area contributed by atoms with Gasteiger partial charge in [-0.1, -0.05) is 6.07 Å². The van der Waals surface area contributed by atoms with Crippen LogP contribution < -0.4 is 5.32 Å². The number of aryl methyl sites for hydroxylation is 1. The van der Waals surface area contributed by atoms with Crippen molar-refractivity contribution in [1.29, 1.82) is 0 Å². The highest BCUT2D eigenvalue weighted by molar-refractivity contribution is 6.02. The molecule has 0 bridgehead atoms. The van der Waals surface area contributed by atoms with Crippen molar-refractivity contribution < 1.29 is 9.59 Å². The molecule has 5 heterocycles. The summed E-state index contributed by atoms with van der Waals surface area (Å²) in [4.78, 5) is 37.5. The van der Waals surface area contributed by atoms with Crippen LogP contribution in [0.4, 0.5) is 10.6 Å². The summed E-state index contributed by atoms with van der Waals surface area (Å²) in [6.07, 6.45) is 4.39. The van der Waals surface area contributed by atoms with Crippen LogP contribution in [-0.2, 0) is 19.4 Å². The van der Waals surface area contributed by atoms with E-state index in [2.05, 4.69) is 37.0 Å². The molecule has 0 spiro atoms. The maximum Gasteiger partial charge on any atom is 0.319 e. The monoisotopic (exact) mass is 446 g/mol. The highest BCUT2D eigenvalue weighted by atomic mass is 16.2. The van der Waals surface area contributed by atoms with Gasteiger partial charge in [-0.05, 0) is 49.1 Å². The quantitative estimate of drug-likeness (QED) is 0.662. The van der Waals surface area contributed by atoms with Gasteiger partial charge >= 0.3 is 6.03 Å². The minimum Gasteiger partial charge on any atom is -0.331 e. The molecule has 33 heavy (non-hydrogen) atoms. The summed E-state index contributed by atoms with van der Waals surface area (Å²) in [5.74, 6) is 1.75. The molecule has 0 fully saturated rings. The molecule has 2 aliphatic heterocycles. The zero-order valence-corrected chi connectivity index (χ0v) is 18.9. The van der Waals surface area contributed by atoms with Crippen molar-refractivity contribution in [3.05, 3.63) is 53.1 Å². The number of fused-ring (bicyclic) bond motifs is 2. The summed E-state index contributed by atoms with van der Waals surface area (Å²) >= 11 is 0. The van der Waals surface area contributed by atoms with E-state index < -0.39 is 0 Å². The Balaban J connectivity index is 1.35. The number of anilines is 1. The fourth-order valence-electron chi connectivity index (χ4n) is 4.42. The molecule has 1 N–H and O–H groups in total. The predicted molar refractivity (Wildman–Crippen MR) is 122 cm³/mol. The lowest BCUT2D eigenvalue weighted by atomic mass is 10.0. The second-order valence-electron chi connectivity index (χ2n) is 8.75. The summed E-state index contributed by atoms with van der Waals surface area (Å²) in [7, 11) is 3.47. The first-order valence-corrected chi connectivity index (χ1v) is 11.1.